The van der Waals surface area contributed by atoms with Gasteiger partial charge in [0, 0.05) is 31.0 Å². The number of hydrogen-bond donors (Lipinski definition) is 1. The highest BCUT2D eigenvalue weighted by Crippen LogP contribution is 2.20. The summed E-state index contributed by atoms with van der Waals surface area (Å²) in [5, 5.41) is 11.7. The van der Waals surface area contributed by atoms with Crippen LogP contribution in [0.15, 0.2) is 60.9 Å². The van der Waals surface area contributed by atoms with Crippen molar-refractivity contribution in [3.63, 3.8) is 0 Å². The van der Waals surface area contributed by atoms with Crippen LogP contribution in [0.4, 0.5) is 4.39 Å². The molecule has 1 N–H and O–H groups in total. The van der Waals surface area contributed by atoms with E-state index in [1.54, 1.807) is 35.1 Å². The van der Waals surface area contributed by atoms with Crippen LogP contribution in [0, 0.1) is 5.82 Å². The molecule has 0 aliphatic rings. The summed E-state index contributed by atoms with van der Waals surface area (Å²) in [7, 11) is 1.80. The molecule has 0 aliphatic carbocycles. The third-order valence-corrected chi connectivity index (χ3v) is 5.34. The first-order valence-electron chi connectivity index (χ1n) is 10.6. The summed E-state index contributed by atoms with van der Waals surface area (Å²) in [5.41, 5.74) is 3.82. The van der Waals surface area contributed by atoms with E-state index >= 15 is 0 Å². The standard InChI is InChI=1S/C24H25FN6O/c1-3-22-20(16-27-31(22)23-11-4-5-12-26-23)24(32)30(2)13-7-10-19-15-21(29-28-19)17-8-6-9-18(25)14-17/h4-6,8-9,11-12,14-16H,3,7,10,13H2,1-2H3,(H,28,29). The predicted molar refractivity (Wildman–Crippen MR) is 120 cm³/mol. The first-order chi connectivity index (χ1) is 15.6. The van der Waals surface area contributed by atoms with Gasteiger partial charge in [-0.15, -0.1) is 0 Å². The molecule has 3 heterocycles. The average molecular weight is 433 g/mol. The summed E-state index contributed by atoms with van der Waals surface area (Å²) < 4.78 is 15.2. The fraction of sp³-hybridized carbons (Fsp3) is 0.250. The molecule has 1 amide bonds. The molecule has 0 aliphatic heterocycles. The number of aryl methyl sites for hydroxylation is 1. The van der Waals surface area contributed by atoms with Gasteiger partial charge in [-0.1, -0.05) is 25.1 Å². The molecule has 0 saturated carbocycles. The Labute approximate surface area is 185 Å². The fourth-order valence-electron chi connectivity index (χ4n) is 3.67. The topological polar surface area (TPSA) is 79.7 Å². The lowest BCUT2D eigenvalue weighted by molar-refractivity contribution is 0.0792. The molecule has 0 fully saturated rings. The van der Waals surface area contributed by atoms with Crippen molar-refractivity contribution >= 4 is 5.91 Å². The smallest absolute Gasteiger partial charge is 0.257 e. The molecule has 0 radical (unpaired) electrons. The largest absolute Gasteiger partial charge is 0.342 e. The Balaban J connectivity index is 1.37. The molecule has 0 unspecified atom stereocenters. The van der Waals surface area contributed by atoms with Gasteiger partial charge in [-0.2, -0.15) is 10.2 Å². The van der Waals surface area contributed by atoms with Crippen LogP contribution in [0.2, 0.25) is 0 Å². The van der Waals surface area contributed by atoms with Gasteiger partial charge in [-0.05, 0) is 49.6 Å². The summed E-state index contributed by atoms with van der Waals surface area (Å²) in [5.74, 6) is 0.346. The third-order valence-electron chi connectivity index (χ3n) is 5.34. The van der Waals surface area contributed by atoms with Gasteiger partial charge in [-0.25, -0.2) is 14.1 Å². The maximum Gasteiger partial charge on any atom is 0.257 e. The van der Waals surface area contributed by atoms with Crippen molar-refractivity contribution in [3.8, 4) is 17.1 Å². The Kier molecular flexibility index (Phi) is 6.39. The molecule has 4 rings (SSSR count). The van der Waals surface area contributed by atoms with E-state index in [-0.39, 0.29) is 11.7 Å². The van der Waals surface area contributed by atoms with Gasteiger partial charge in [0.15, 0.2) is 5.82 Å². The molecule has 4 aromatic rings. The number of amides is 1. The Morgan fingerprint density at radius 2 is 2.06 bits per heavy atom. The zero-order valence-corrected chi connectivity index (χ0v) is 18.1. The molecular weight excluding hydrogens is 407 g/mol. The highest BCUT2D eigenvalue weighted by atomic mass is 19.1. The molecular formula is C24H25FN6O. The van der Waals surface area contributed by atoms with Gasteiger partial charge in [0.05, 0.1) is 23.1 Å². The normalized spacial score (nSPS) is 11.0. The van der Waals surface area contributed by atoms with Gasteiger partial charge in [0.2, 0.25) is 0 Å². The number of hydrogen-bond acceptors (Lipinski definition) is 4. The summed E-state index contributed by atoms with van der Waals surface area (Å²) in [6.45, 7) is 2.59. The van der Waals surface area contributed by atoms with Gasteiger partial charge < -0.3 is 4.90 Å². The van der Waals surface area contributed by atoms with E-state index in [1.165, 1.54) is 12.1 Å². The van der Waals surface area contributed by atoms with Crippen molar-refractivity contribution in [3.05, 3.63) is 83.7 Å². The van der Waals surface area contributed by atoms with Crippen molar-refractivity contribution in [2.45, 2.75) is 26.2 Å². The molecule has 32 heavy (non-hydrogen) atoms. The van der Waals surface area contributed by atoms with Gasteiger partial charge >= 0.3 is 0 Å². The lowest BCUT2D eigenvalue weighted by atomic mass is 10.1. The van der Waals surface area contributed by atoms with Crippen LogP contribution >= 0.6 is 0 Å². The zero-order valence-electron chi connectivity index (χ0n) is 18.1. The van der Waals surface area contributed by atoms with Crippen molar-refractivity contribution in [1.82, 2.24) is 29.9 Å². The van der Waals surface area contributed by atoms with E-state index < -0.39 is 0 Å². The Morgan fingerprint density at radius 1 is 1.19 bits per heavy atom. The third kappa shape index (κ3) is 4.59. The lowest BCUT2D eigenvalue weighted by Gasteiger charge is -2.17. The maximum atomic E-state index is 13.4. The summed E-state index contributed by atoms with van der Waals surface area (Å²) >= 11 is 0. The molecule has 0 atom stereocenters. The van der Waals surface area contributed by atoms with Gasteiger partial charge in [-0.3, -0.25) is 9.89 Å². The van der Waals surface area contributed by atoms with Gasteiger partial charge in [0.1, 0.15) is 5.82 Å². The maximum absolute atomic E-state index is 13.4. The second-order valence-electron chi connectivity index (χ2n) is 7.58. The molecule has 7 nitrogen and oxygen atoms in total. The lowest BCUT2D eigenvalue weighted by Crippen LogP contribution is -2.28. The van der Waals surface area contributed by atoms with E-state index in [1.807, 2.05) is 37.3 Å². The van der Waals surface area contributed by atoms with Crippen molar-refractivity contribution < 1.29 is 9.18 Å². The summed E-state index contributed by atoms with van der Waals surface area (Å²) in [4.78, 5) is 19.1. The van der Waals surface area contributed by atoms with Crippen LogP contribution < -0.4 is 0 Å². The number of carbonyl (C=O) groups is 1. The van der Waals surface area contributed by atoms with Crippen LogP contribution in [0.1, 0.15) is 35.1 Å². The van der Waals surface area contributed by atoms with Crippen LogP contribution in [0.3, 0.4) is 0 Å². The Hall–Kier alpha value is -3.81. The zero-order chi connectivity index (χ0) is 22.5. The number of aromatic nitrogens is 5. The van der Waals surface area contributed by atoms with E-state index in [2.05, 4.69) is 20.3 Å². The van der Waals surface area contributed by atoms with E-state index in [4.69, 9.17) is 0 Å². The Morgan fingerprint density at radius 3 is 2.81 bits per heavy atom. The number of halogens is 1. The van der Waals surface area contributed by atoms with Crippen LogP contribution in [0.5, 0.6) is 0 Å². The molecule has 164 valence electrons. The second kappa shape index (κ2) is 9.55. The number of nitrogens with one attached hydrogen (secondary N) is 1. The molecule has 0 spiro atoms. The second-order valence-corrected chi connectivity index (χ2v) is 7.58. The number of carbonyl (C=O) groups excluding carboxylic acids is 1. The number of pyridine rings is 1. The number of nitrogens with zero attached hydrogens (tertiary/aromatic N) is 5. The number of H-pyrrole nitrogens is 1. The van der Waals surface area contributed by atoms with E-state index in [0.29, 0.717) is 30.0 Å². The van der Waals surface area contributed by atoms with Crippen molar-refractivity contribution in [2.24, 2.45) is 0 Å². The summed E-state index contributed by atoms with van der Waals surface area (Å²) in [6, 6.07) is 13.9. The van der Waals surface area contributed by atoms with Crippen molar-refractivity contribution in [1.29, 1.82) is 0 Å². The summed E-state index contributed by atoms with van der Waals surface area (Å²) in [6.07, 6.45) is 5.49. The minimum Gasteiger partial charge on any atom is -0.342 e. The number of benzene rings is 1. The first-order valence-corrected chi connectivity index (χ1v) is 10.6. The number of rotatable bonds is 8. The SMILES string of the molecule is CCc1c(C(=O)N(C)CCCc2cc(-c3cccc(F)c3)n[nH]2)cnn1-c1ccccn1. The molecule has 0 bridgehead atoms. The minimum atomic E-state index is -0.287. The highest BCUT2D eigenvalue weighted by molar-refractivity contribution is 5.95. The fourth-order valence-corrected chi connectivity index (χ4v) is 3.67. The van der Waals surface area contributed by atoms with Gasteiger partial charge in [0.25, 0.3) is 5.91 Å². The van der Waals surface area contributed by atoms with Crippen LogP contribution in [0.25, 0.3) is 17.1 Å². The minimum absolute atomic E-state index is 0.0610. The first kappa shape index (κ1) is 21.4. The molecule has 3 aromatic heterocycles. The predicted octanol–water partition coefficient (Wildman–Crippen LogP) is 4.06. The van der Waals surface area contributed by atoms with Crippen LogP contribution in [-0.2, 0) is 12.8 Å². The van der Waals surface area contributed by atoms with E-state index in [0.717, 1.165) is 29.8 Å². The molecule has 8 heteroatoms. The monoisotopic (exact) mass is 432 g/mol. The molecule has 1 aromatic carbocycles. The molecule has 0 saturated heterocycles. The van der Waals surface area contributed by atoms with Crippen LogP contribution in [-0.4, -0.2) is 49.4 Å². The van der Waals surface area contributed by atoms with E-state index in [9.17, 15) is 9.18 Å². The number of aromatic amines is 1. The quantitative estimate of drug-likeness (QED) is 0.455. The average Bonchev–Trinajstić information content (AvgIpc) is 3.46. The van der Waals surface area contributed by atoms with Crippen molar-refractivity contribution in [2.75, 3.05) is 13.6 Å². The Bertz CT molecular complexity index is 1200. The highest BCUT2D eigenvalue weighted by Gasteiger charge is 2.20.